The van der Waals surface area contributed by atoms with Crippen LogP contribution in [0.2, 0.25) is 0 Å². The van der Waals surface area contributed by atoms with Crippen LogP contribution in [0.5, 0.6) is 0 Å². The molecule has 0 spiro atoms. The quantitative estimate of drug-likeness (QED) is 0.818. The first-order chi connectivity index (χ1) is 10.1. The summed E-state index contributed by atoms with van der Waals surface area (Å²) in [7, 11) is -3.48. The van der Waals surface area contributed by atoms with Crippen LogP contribution in [0.4, 0.5) is 5.69 Å². The van der Waals surface area contributed by atoms with Gasteiger partial charge in [0, 0.05) is 19.3 Å². The van der Waals surface area contributed by atoms with E-state index in [2.05, 4.69) is 15.1 Å². The molecule has 0 saturated carbocycles. The highest BCUT2D eigenvalue weighted by molar-refractivity contribution is 7.89. The molecule has 0 atom stereocenters. The van der Waals surface area contributed by atoms with Crippen molar-refractivity contribution in [3.05, 3.63) is 42.2 Å². The number of sulfonamides is 1. The summed E-state index contributed by atoms with van der Waals surface area (Å²) in [5.41, 5.74) is 1.59. The van der Waals surface area contributed by atoms with Gasteiger partial charge in [-0.05, 0) is 25.1 Å². The minimum atomic E-state index is -3.48. The molecule has 114 valence electrons. The Hall–Kier alpha value is -1.86. The lowest BCUT2D eigenvalue weighted by molar-refractivity contribution is 0.584. The lowest BCUT2D eigenvalue weighted by atomic mass is 10.3. The van der Waals surface area contributed by atoms with Crippen LogP contribution < -0.4 is 10.0 Å². The van der Waals surface area contributed by atoms with Gasteiger partial charge in [-0.15, -0.1) is 0 Å². The molecule has 6 nitrogen and oxygen atoms in total. The molecule has 1 aromatic carbocycles. The monoisotopic (exact) mass is 308 g/mol. The third-order valence-corrected chi connectivity index (χ3v) is 4.68. The van der Waals surface area contributed by atoms with Gasteiger partial charge in [-0.2, -0.15) is 5.10 Å². The van der Waals surface area contributed by atoms with Crippen LogP contribution in [0.3, 0.4) is 0 Å². The number of para-hydroxylation sites is 1. The van der Waals surface area contributed by atoms with Gasteiger partial charge in [0.15, 0.2) is 0 Å². The zero-order valence-electron chi connectivity index (χ0n) is 12.2. The van der Waals surface area contributed by atoms with E-state index in [1.807, 2.05) is 23.7 Å². The van der Waals surface area contributed by atoms with Gasteiger partial charge in [-0.1, -0.05) is 19.1 Å². The highest BCUT2D eigenvalue weighted by Crippen LogP contribution is 2.21. The molecule has 0 saturated heterocycles. The van der Waals surface area contributed by atoms with Crippen molar-refractivity contribution in [2.45, 2.75) is 31.8 Å². The zero-order chi connectivity index (χ0) is 15.3. The molecule has 0 amide bonds. The first-order valence-electron chi connectivity index (χ1n) is 6.91. The summed E-state index contributed by atoms with van der Waals surface area (Å²) in [4.78, 5) is 0.259. The number of nitrogens with one attached hydrogen (secondary N) is 2. The zero-order valence-corrected chi connectivity index (χ0v) is 13.0. The van der Waals surface area contributed by atoms with E-state index in [1.165, 1.54) is 0 Å². The Balaban J connectivity index is 2.21. The van der Waals surface area contributed by atoms with Crippen molar-refractivity contribution in [3.63, 3.8) is 0 Å². The summed E-state index contributed by atoms with van der Waals surface area (Å²) < 4.78 is 28.7. The second-order valence-corrected chi connectivity index (χ2v) is 6.22. The Labute approximate surface area is 125 Å². The first kappa shape index (κ1) is 15.5. The molecule has 2 aromatic rings. The Bertz CT molecular complexity index is 695. The maximum absolute atomic E-state index is 12.2. The van der Waals surface area contributed by atoms with Crippen LogP contribution in [0.1, 0.15) is 19.5 Å². The minimum Gasteiger partial charge on any atom is -0.378 e. The van der Waals surface area contributed by atoms with Crippen LogP contribution in [0.25, 0.3) is 0 Å². The molecule has 1 heterocycles. The first-order valence-corrected chi connectivity index (χ1v) is 8.40. The second kappa shape index (κ2) is 6.73. The molecule has 2 N–H and O–H groups in total. The number of hydrogen-bond donors (Lipinski definition) is 2. The van der Waals surface area contributed by atoms with E-state index in [9.17, 15) is 8.42 Å². The van der Waals surface area contributed by atoms with Gasteiger partial charge in [0.2, 0.25) is 10.0 Å². The van der Waals surface area contributed by atoms with Crippen molar-refractivity contribution in [2.75, 3.05) is 11.9 Å². The largest absolute Gasteiger partial charge is 0.378 e. The van der Waals surface area contributed by atoms with Gasteiger partial charge in [0.05, 0.1) is 17.9 Å². The molecule has 21 heavy (non-hydrogen) atoms. The van der Waals surface area contributed by atoms with Crippen LogP contribution in [0, 0.1) is 0 Å². The van der Waals surface area contributed by atoms with E-state index >= 15 is 0 Å². The summed E-state index contributed by atoms with van der Waals surface area (Å²) in [5, 5.41) is 7.37. The molecule has 7 heteroatoms. The number of aryl methyl sites for hydroxylation is 1. The van der Waals surface area contributed by atoms with Crippen molar-refractivity contribution < 1.29 is 8.42 Å². The third-order valence-electron chi connectivity index (χ3n) is 3.07. The maximum atomic E-state index is 12.2. The topological polar surface area (TPSA) is 76.0 Å². The standard InChI is InChI=1S/C14H20N4O2S/c1-3-17-21(19,20)14-8-6-5-7-13(14)15-11-12-9-10-16-18(12)4-2/h5-10,15,17H,3-4,11H2,1-2H3. The van der Waals surface area contributed by atoms with Gasteiger partial charge in [0.1, 0.15) is 4.90 Å². The lowest BCUT2D eigenvalue weighted by Gasteiger charge is -2.13. The van der Waals surface area contributed by atoms with Gasteiger partial charge < -0.3 is 5.32 Å². The van der Waals surface area contributed by atoms with E-state index < -0.39 is 10.0 Å². The van der Waals surface area contributed by atoms with Gasteiger partial charge >= 0.3 is 0 Å². The summed E-state index contributed by atoms with van der Waals surface area (Å²) in [6.07, 6.45) is 1.74. The third kappa shape index (κ3) is 3.62. The lowest BCUT2D eigenvalue weighted by Crippen LogP contribution is -2.24. The summed E-state index contributed by atoms with van der Waals surface area (Å²) in [5.74, 6) is 0. The average Bonchev–Trinajstić information content (AvgIpc) is 2.93. The smallest absolute Gasteiger partial charge is 0.242 e. The molecule has 0 aliphatic rings. The summed E-state index contributed by atoms with van der Waals surface area (Å²) >= 11 is 0. The van der Waals surface area contributed by atoms with Crippen LogP contribution >= 0.6 is 0 Å². The highest BCUT2D eigenvalue weighted by atomic mass is 32.2. The van der Waals surface area contributed by atoms with Gasteiger partial charge in [0.25, 0.3) is 0 Å². The summed E-state index contributed by atoms with van der Waals surface area (Å²) in [6, 6.07) is 8.79. The Kier molecular flexibility index (Phi) is 4.98. The molecular weight excluding hydrogens is 288 g/mol. The number of anilines is 1. The fourth-order valence-electron chi connectivity index (χ4n) is 2.10. The molecule has 0 bridgehead atoms. The minimum absolute atomic E-state index is 0.259. The van der Waals surface area contributed by atoms with Crippen LogP contribution in [-0.2, 0) is 23.1 Å². The van der Waals surface area contributed by atoms with E-state index in [0.717, 1.165) is 12.2 Å². The fraction of sp³-hybridized carbons (Fsp3) is 0.357. The molecule has 0 aliphatic carbocycles. The Morgan fingerprint density at radius 1 is 1.19 bits per heavy atom. The fourth-order valence-corrected chi connectivity index (χ4v) is 3.32. The van der Waals surface area contributed by atoms with Gasteiger partial charge in [-0.25, -0.2) is 13.1 Å². The van der Waals surface area contributed by atoms with Crippen LogP contribution in [-0.4, -0.2) is 24.7 Å². The number of aromatic nitrogens is 2. The molecule has 0 radical (unpaired) electrons. The Morgan fingerprint density at radius 3 is 2.67 bits per heavy atom. The molecule has 0 unspecified atom stereocenters. The number of benzene rings is 1. The number of hydrogen-bond acceptors (Lipinski definition) is 4. The van der Waals surface area contributed by atoms with E-state index in [-0.39, 0.29) is 4.90 Å². The van der Waals surface area contributed by atoms with Crippen molar-refractivity contribution in [1.29, 1.82) is 0 Å². The number of nitrogens with zero attached hydrogens (tertiary/aromatic N) is 2. The van der Waals surface area contributed by atoms with E-state index in [4.69, 9.17) is 0 Å². The van der Waals surface area contributed by atoms with E-state index in [0.29, 0.717) is 18.8 Å². The van der Waals surface area contributed by atoms with Crippen molar-refractivity contribution >= 4 is 15.7 Å². The van der Waals surface area contributed by atoms with Crippen LogP contribution in [0.15, 0.2) is 41.4 Å². The molecule has 2 rings (SSSR count). The van der Waals surface area contributed by atoms with Crippen molar-refractivity contribution in [2.24, 2.45) is 0 Å². The molecule has 0 fully saturated rings. The predicted octanol–water partition coefficient (Wildman–Crippen LogP) is 1.81. The van der Waals surface area contributed by atoms with Crippen molar-refractivity contribution in [1.82, 2.24) is 14.5 Å². The summed E-state index contributed by atoms with van der Waals surface area (Å²) in [6.45, 7) is 5.43. The van der Waals surface area contributed by atoms with E-state index in [1.54, 1.807) is 31.3 Å². The average molecular weight is 308 g/mol. The normalized spacial score (nSPS) is 11.5. The SMILES string of the molecule is CCNS(=O)(=O)c1ccccc1NCc1ccnn1CC. The maximum Gasteiger partial charge on any atom is 0.242 e. The Morgan fingerprint density at radius 2 is 1.95 bits per heavy atom. The van der Waals surface area contributed by atoms with Gasteiger partial charge in [-0.3, -0.25) is 4.68 Å². The number of rotatable bonds is 7. The molecule has 0 aliphatic heterocycles. The van der Waals surface area contributed by atoms with Crippen molar-refractivity contribution in [3.8, 4) is 0 Å². The highest BCUT2D eigenvalue weighted by Gasteiger charge is 2.16. The molecular formula is C14H20N4O2S. The predicted molar refractivity (Wildman–Crippen MR) is 82.5 cm³/mol. The molecule has 1 aromatic heterocycles. The second-order valence-electron chi connectivity index (χ2n) is 4.49.